The number of carbonyl (C=O) groups is 2. The molecular weight excluding hydrogens is 355 g/mol. The van der Waals surface area contributed by atoms with Gasteiger partial charge in [-0.2, -0.15) is 13.2 Å². The number of amides is 2. The fourth-order valence-electron chi connectivity index (χ4n) is 2.50. The number of hydrogen-bond acceptors (Lipinski definition) is 4. The van der Waals surface area contributed by atoms with E-state index in [-0.39, 0.29) is 23.0 Å². The number of anilines is 1. The van der Waals surface area contributed by atoms with Gasteiger partial charge in [-0.25, -0.2) is 4.98 Å². The first kappa shape index (κ1) is 17.4. The first-order chi connectivity index (χ1) is 11.8. The third-order valence-corrected chi connectivity index (χ3v) is 4.66. The SMILES string of the molecule is O=C(Cc1cccc(C(F)(F)F)c1)Nc1nc2c(s1)C(=O)NCCC2. The van der Waals surface area contributed by atoms with E-state index < -0.39 is 17.6 Å². The van der Waals surface area contributed by atoms with Gasteiger partial charge in [0, 0.05) is 6.54 Å². The highest BCUT2D eigenvalue weighted by molar-refractivity contribution is 7.17. The number of rotatable bonds is 3. The number of halogens is 3. The van der Waals surface area contributed by atoms with Crippen molar-refractivity contribution in [1.82, 2.24) is 10.3 Å². The quantitative estimate of drug-likeness (QED) is 0.874. The second-order valence-corrected chi connectivity index (χ2v) is 6.58. The highest BCUT2D eigenvalue weighted by atomic mass is 32.1. The molecule has 1 aromatic heterocycles. The Balaban J connectivity index is 1.69. The molecule has 1 aromatic carbocycles. The molecule has 2 aromatic rings. The van der Waals surface area contributed by atoms with Crippen LogP contribution in [0.2, 0.25) is 0 Å². The van der Waals surface area contributed by atoms with Gasteiger partial charge in [-0.3, -0.25) is 9.59 Å². The van der Waals surface area contributed by atoms with E-state index in [0.717, 1.165) is 29.9 Å². The fraction of sp³-hybridized carbons (Fsp3) is 0.312. The Morgan fingerprint density at radius 3 is 2.92 bits per heavy atom. The summed E-state index contributed by atoms with van der Waals surface area (Å²) in [5.41, 5.74) is 0.0907. The van der Waals surface area contributed by atoms with E-state index in [1.54, 1.807) is 0 Å². The second-order valence-electron chi connectivity index (χ2n) is 5.58. The van der Waals surface area contributed by atoms with Crippen LogP contribution in [0.15, 0.2) is 24.3 Å². The van der Waals surface area contributed by atoms with Gasteiger partial charge in [-0.15, -0.1) is 0 Å². The average Bonchev–Trinajstić information content (AvgIpc) is 2.85. The molecule has 0 aliphatic carbocycles. The van der Waals surface area contributed by atoms with Crippen molar-refractivity contribution in [2.75, 3.05) is 11.9 Å². The van der Waals surface area contributed by atoms with Crippen LogP contribution < -0.4 is 10.6 Å². The van der Waals surface area contributed by atoms with Crippen LogP contribution in [0.5, 0.6) is 0 Å². The van der Waals surface area contributed by atoms with Gasteiger partial charge < -0.3 is 10.6 Å². The normalized spacial score (nSPS) is 14.4. The maximum absolute atomic E-state index is 12.7. The van der Waals surface area contributed by atoms with Crippen LogP contribution in [-0.4, -0.2) is 23.3 Å². The Morgan fingerprint density at radius 2 is 2.16 bits per heavy atom. The van der Waals surface area contributed by atoms with Crippen molar-refractivity contribution in [3.63, 3.8) is 0 Å². The number of thiazole rings is 1. The van der Waals surface area contributed by atoms with Crippen LogP contribution in [0.4, 0.5) is 18.3 Å². The summed E-state index contributed by atoms with van der Waals surface area (Å²) >= 11 is 1.07. The first-order valence-electron chi connectivity index (χ1n) is 7.57. The highest BCUT2D eigenvalue weighted by Crippen LogP contribution is 2.30. The molecule has 5 nitrogen and oxygen atoms in total. The summed E-state index contributed by atoms with van der Waals surface area (Å²) < 4.78 is 38.1. The molecule has 0 unspecified atom stereocenters. The predicted octanol–water partition coefficient (Wildman–Crippen LogP) is 3.02. The smallest absolute Gasteiger partial charge is 0.351 e. The number of carbonyl (C=O) groups excluding carboxylic acids is 2. The molecule has 2 heterocycles. The van der Waals surface area contributed by atoms with Gasteiger partial charge in [0.15, 0.2) is 5.13 Å². The van der Waals surface area contributed by atoms with Crippen molar-refractivity contribution in [1.29, 1.82) is 0 Å². The number of nitrogens with zero attached hydrogens (tertiary/aromatic N) is 1. The number of aryl methyl sites for hydroxylation is 1. The maximum atomic E-state index is 12.7. The molecule has 2 N–H and O–H groups in total. The number of benzene rings is 1. The molecule has 0 spiro atoms. The zero-order valence-corrected chi connectivity index (χ0v) is 13.8. The first-order valence-corrected chi connectivity index (χ1v) is 8.38. The minimum atomic E-state index is -4.45. The molecule has 0 saturated carbocycles. The number of nitrogens with one attached hydrogen (secondary N) is 2. The molecule has 1 aliphatic rings. The Kier molecular flexibility index (Phi) is 4.76. The molecule has 0 radical (unpaired) electrons. The van der Waals surface area contributed by atoms with Gasteiger partial charge in [-0.1, -0.05) is 29.5 Å². The van der Waals surface area contributed by atoms with E-state index in [1.807, 2.05) is 0 Å². The van der Waals surface area contributed by atoms with Gasteiger partial charge in [0.2, 0.25) is 5.91 Å². The number of alkyl halides is 3. The molecule has 0 fully saturated rings. The van der Waals surface area contributed by atoms with Crippen LogP contribution in [0.25, 0.3) is 0 Å². The summed E-state index contributed by atoms with van der Waals surface area (Å²) in [4.78, 5) is 28.7. The Morgan fingerprint density at radius 1 is 1.36 bits per heavy atom. The molecule has 9 heteroatoms. The fourth-order valence-corrected chi connectivity index (χ4v) is 3.44. The lowest BCUT2D eigenvalue weighted by atomic mass is 10.1. The minimum Gasteiger partial charge on any atom is -0.351 e. The van der Waals surface area contributed by atoms with Gasteiger partial charge in [0.25, 0.3) is 5.91 Å². The van der Waals surface area contributed by atoms with Crippen molar-refractivity contribution in [2.45, 2.75) is 25.4 Å². The molecule has 2 amide bonds. The van der Waals surface area contributed by atoms with Crippen LogP contribution in [-0.2, 0) is 23.8 Å². The third-order valence-electron chi connectivity index (χ3n) is 3.64. The highest BCUT2D eigenvalue weighted by Gasteiger charge is 2.30. The van der Waals surface area contributed by atoms with E-state index >= 15 is 0 Å². The topological polar surface area (TPSA) is 71.1 Å². The van der Waals surface area contributed by atoms with E-state index in [2.05, 4.69) is 15.6 Å². The van der Waals surface area contributed by atoms with E-state index in [4.69, 9.17) is 0 Å². The zero-order chi connectivity index (χ0) is 18.0. The lowest BCUT2D eigenvalue weighted by molar-refractivity contribution is -0.137. The summed E-state index contributed by atoms with van der Waals surface area (Å²) in [6, 6.07) is 4.63. The minimum absolute atomic E-state index is 0.208. The Bertz CT molecular complexity index is 817. The van der Waals surface area contributed by atoms with Crippen LogP contribution in [0, 0.1) is 0 Å². The number of hydrogen-bond donors (Lipinski definition) is 2. The van der Waals surface area contributed by atoms with Crippen molar-refractivity contribution in [3.8, 4) is 0 Å². The number of aromatic nitrogens is 1. The van der Waals surface area contributed by atoms with E-state index in [1.165, 1.54) is 12.1 Å². The Hall–Kier alpha value is -2.42. The Labute approximate surface area is 145 Å². The lowest BCUT2D eigenvalue weighted by Crippen LogP contribution is -2.21. The molecule has 1 aliphatic heterocycles. The molecule has 3 rings (SSSR count). The van der Waals surface area contributed by atoms with Crippen LogP contribution in [0.1, 0.15) is 32.9 Å². The molecule has 0 atom stereocenters. The van der Waals surface area contributed by atoms with Gasteiger partial charge in [0.1, 0.15) is 4.88 Å². The summed E-state index contributed by atoms with van der Waals surface area (Å²) in [6.45, 7) is 0.582. The third kappa shape index (κ3) is 4.16. The zero-order valence-electron chi connectivity index (χ0n) is 12.9. The van der Waals surface area contributed by atoms with Crippen molar-refractivity contribution < 1.29 is 22.8 Å². The maximum Gasteiger partial charge on any atom is 0.416 e. The molecule has 0 bridgehead atoms. The molecule has 25 heavy (non-hydrogen) atoms. The number of fused-ring (bicyclic) bond motifs is 1. The van der Waals surface area contributed by atoms with Crippen molar-refractivity contribution >= 4 is 28.3 Å². The van der Waals surface area contributed by atoms with Crippen molar-refractivity contribution in [3.05, 3.63) is 46.0 Å². The summed E-state index contributed by atoms with van der Waals surface area (Å²) in [6.07, 6.45) is -3.26. The van der Waals surface area contributed by atoms with Gasteiger partial charge in [0.05, 0.1) is 17.7 Å². The average molecular weight is 369 g/mol. The van der Waals surface area contributed by atoms with Crippen LogP contribution >= 0.6 is 11.3 Å². The summed E-state index contributed by atoms with van der Waals surface area (Å²) in [5, 5.41) is 5.57. The van der Waals surface area contributed by atoms with Gasteiger partial charge >= 0.3 is 6.18 Å². The molecule has 132 valence electrons. The second kappa shape index (κ2) is 6.83. The predicted molar refractivity (Wildman–Crippen MR) is 86.5 cm³/mol. The van der Waals surface area contributed by atoms with E-state index in [0.29, 0.717) is 23.5 Å². The standard InChI is InChI=1S/C16H14F3N3O2S/c17-16(18,19)10-4-1-3-9(7-10)8-12(23)22-15-21-11-5-2-6-20-14(24)13(11)25-15/h1,3-4,7H,2,5-6,8H2,(H,20,24)(H,21,22,23). The lowest BCUT2D eigenvalue weighted by Gasteiger charge is -2.08. The molecule has 0 saturated heterocycles. The summed E-state index contributed by atoms with van der Waals surface area (Å²) in [7, 11) is 0. The van der Waals surface area contributed by atoms with E-state index in [9.17, 15) is 22.8 Å². The largest absolute Gasteiger partial charge is 0.416 e. The summed E-state index contributed by atoms with van der Waals surface area (Å²) in [5.74, 6) is -0.702. The monoisotopic (exact) mass is 369 g/mol. The van der Waals surface area contributed by atoms with Crippen molar-refractivity contribution in [2.24, 2.45) is 0 Å². The van der Waals surface area contributed by atoms with Gasteiger partial charge in [-0.05, 0) is 24.5 Å². The molecular formula is C16H14F3N3O2S. The van der Waals surface area contributed by atoms with Crippen LogP contribution in [0.3, 0.4) is 0 Å².